The lowest BCUT2D eigenvalue weighted by Crippen LogP contribution is -2.61. The summed E-state index contributed by atoms with van der Waals surface area (Å²) in [7, 11) is 0. The van der Waals surface area contributed by atoms with Gasteiger partial charge < -0.3 is 0 Å². The van der Waals surface area contributed by atoms with Crippen molar-refractivity contribution in [2.24, 2.45) is 46.3 Å². The maximum Gasteiger partial charge on any atom is 0.141 e. The number of Topliss-reactive ketones (excluding diaryl/α,β-unsaturated/α-hetero) is 2. The quantitative estimate of drug-likeness (QED) is 0.652. The van der Waals surface area contributed by atoms with Gasteiger partial charge in [0.05, 0.1) is 0 Å². The molecule has 7 aliphatic carbocycles. The van der Waals surface area contributed by atoms with Gasteiger partial charge in [0.25, 0.3) is 0 Å². The molecule has 7 fully saturated rings. The summed E-state index contributed by atoms with van der Waals surface area (Å²) in [6, 6.07) is 0. The van der Waals surface area contributed by atoms with Gasteiger partial charge in [-0.25, -0.2) is 0 Å². The standard InChI is InChI=1S/C16H18O2/c17-11-5-6-12(18)16-8-2-1-7-13(8)14-9(15(7,11)16)3-4-10(14)16/h7-10,13-14H,1-6H2. The molecule has 0 saturated heterocycles. The van der Waals surface area contributed by atoms with Crippen LogP contribution in [-0.2, 0) is 9.59 Å². The third-order valence-electron chi connectivity index (χ3n) is 8.41. The summed E-state index contributed by atoms with van der Waals surface area (Å²) in [5.41, 5.74) is -0.215. The van der Waals surface area contributed by atoms with Gasteiger partial charge >= 0.3 is 0 Å². The molecule has 18 heavy (non-hydrogen) atoms. The number of hydrogen-bond donors (Lipinski definition) is 0. The highest BCUT2D eigenvalue weighted by molar-refractivity contribution is 6.05. The van der Waals surface area contributed by atoms with E-state index >= 15 is 0 Å². The Balaban J connectivity index is 1.77. The zero-order chi connectivity index (χ0) is 11.9. The van der Waals surface area contributed by atoms with Gasteiger partial charge in [-0.15, -0.1) is 0 Å². The Hall–Kier alpha value is -0.660. The van der Waals surface area contributed by atoms with Crippen LogP contribution in [0.5, 0.6) is 0 Å². The van der Waals surface area contributed by atoms with Crippen molar-refractivity contribution in [1.29, 1.82) is 0 Å². The summed E-state index contributed by atoms with van der Waals surface area (Å²) in [5.74, 6) is 5.14. The van der Waals surface area contributed by atoms with Crippen LogP contribution in [0.4, 0.5) is 0 Å². The summed E-state index contributed by atoms with van der Waals surface area (Å²) < 4.78 is 0. The summed E-state index contributed by atoms with van der Waals surface area (Å²) >= 11 is 0. The molecule has 0 N–H and O–H groups in total. The van der Waals surface area contributed by atoms with Crippen molar-refractivity contribution >= 4 is 11.6 Å². The van der Waals surface area contributed by atoms with Gasteiger partial charge in [-0.2, -0.15) is 0 Å². The lowest BCUT2D eigenvalue weighted by atomic mass is 9.44. The second-order valence-electron chi connectivity index (χ2n) is 7.82. The maximum absolute atomic E-state index is 12.9. The topological polar surface area (TPSA) is 34.1 Å². The highest BCUT2D eigenvalue weighted by Gasteiger charge is 2.94. The van der Waals surface area contributed by atoms with E-state index in [9.17, 15) is 9.59 Å². The fraction of sp³-hybridized carbons (Fsp3) is 0.875. The molecule has 0 radical (unpaired) electrons. The minimum atomic E-state index is -0.108. The highest BCUT2D eigenvalue weighted by atomic mass is 16.1. The first-order chi connectivity index (χ1) is 8.75. The Morgan fingerprint density at radius 1 is 0.667 bits per heavy atom. The van der Waals surface area contributed by atoms with Crippen molar-refractivity contribution in [3.63, 3.8) is 0 Å². The van der Waals surface area contributed by atoms with Crippen molar-refractivity contribution in [1.82, 2.24) is 0 Å². The molecule has 4 unspecified atom stereocenters. The van der Waals surface area contributed by atoms with Crippen LogP contribution < -0.4 is 0 Å². The van der Waals surface area contributed by atoms with Crippen LogP contribution in [0.2, 0.25) is 0 Å². The van der Waals surface area contributed by atoms with Crippen molar-refractivity contribution in [3.8, 4) is 0 Å². The van der Waals surface area contributed by atoms with E-state index in [2.05, 4.69) is 0 Å². The van der Waals surface area contributed by atoms with Crippen LogP contribution in [0.3, 0.4) is 0 Å². The van der Waals surface area contributed by atoms with E-state index in [1.54, 1.807) is 0 Å². The largest absolute Gasteiger partial charge is 0.299 e. The average molecular weight is 242 g/mol. The lowest BCUT2D eigenvalue weighted by molar-refractivity contribution is -0.171. The normalized spacial score (nSPS) is 69.6. The molecule has 2 heteroatoms. The van der Waals surface area contributed by atoms with Crippen LogP contribution >= 0.6 is 0 Å². The first-order valence-electron chi connectivity index (χ1n) is 7.82. The Morgan fingerprint density at radius 2 is 1.00 bits per heavy atom. The minimum Gasteiger partial charge on any atom is -0.299 e. The zero-order valence-electron chi connectivity index (χ0n) is 10.5. The van der Waals surface area contributed by atoms with Gasteiger partial charge in [0.15, 0.2) is 0 Å². The van der Waals surface area contributed by atoms with Gasteiger partial charge in [0, 0.05) is 23.7 Å². The molecule has 0 aliphatic heterocycles. The van der Waals surface area contributed by atoms with Crippen molar-refractivity contribution in [2.75, 3.05) is 0 Å². The predicted octanol–water partition coefficient (Wildman–Crippen LogP) is 2.22. The SMILES string of the molecule is O=C1CCC(=O)C23C4CCC5C4C4C(CCC42)C153. The van der Waals surface area contributed by atoms with Gasteiger partial charge in [-0.3, -0.25) is 9.59 Å². The lowest BCUT2D eigenvalue weighted by Gasteiger charge is -2.56. The van der Waals surface area contributed by atoms with Gasteiger partial charge in [-0.05, 0) is 61.2 Å². The van der Waals surface area contributed by atoms with Crippen molar-refractivity contribution in [3.05, 3.63) is 0 Å². The van der Waals surface area contributed by atoms with Crippen LogP contribution in [0.25, 0.3) is 0 Å². The zero-order valence-corrected chi connectivity index (χ0v) is 10.5. The number of ketones is 2. The summed E-state index contributed by atoms with van der Waals surface area (Å²) in [5, 5.41) is 0. The molecule has 7 aliphatic rings. The van der Waals surface area contributed by atoms with Gasteiger partial charge in [0.2, 0.25) is 0 Å². The Labute approximate surface area is 107 Å². The van der Waals surface area contributed by atoms with Crippen LogP contribution in [-0.4, -0.2) is 11.6 Å². The monoisotopic (exact) mass is 242 g/mol. The smallest absolute Gasteiger partial charge is 0.141 e. The van der Waals surface area contributed by atoms with Crippen LogP contribution in [0.1, 0.15) is 38.5 Å². The van der Waals surface area contributed by atoms with Gasteiger partial charge in [-0.1, -0.05) is 0 Å². The number of hydrogen-bond acceptors (Lipinski definition) is 2. The number of rotatable bonds is 0. The fourth-order valence-electron chi connectivity index (χ4n) is 8.95. The third kappa shape index (κ3) is 0.501. The maximum atomic E-state index is 12.9. The summed E-state index contributed by atoms with van der Waals surface area (Å²) in [4.78, 5) is 25.7. The van der Waals surface area contributed by atoms with Crippen molar-refractivity contribution < 1.29 is 9.59 Å². The highest BCUT2D eigenvalue weighted by Crippen LogP contribution is 2.93. The van der Waals surface area contributed by atoms with E-state index < -0.39 is 0 Å². The first-order valence-corrected chi connectivity index (χ1v) is 7.82. The molecule has 0 amide bonds. The van der Waals surface area contributed by atoms with Gasteiger partial charge in [0.1, 0.15) is 11.6 Å². The van der Waals surface area contributed by atoms with E-state index in [4.69, 9.17) is 0 Å². The van der Waals surface area contributed by atoms with E-state index in [1.807, 2.05) is 0 Å². The van der Waals surface area contributed by atoms with E-state index in [0.717, 1.165) is 11.8 Å². The fourth-order valence-corrected chi connectivity index (χ4v) is 8.95. The number of carbonyl (C=O) groups excluding carboxylic acids is 2. The number of carbonyl (C=O) groups is 2. The molecule has 0 aromatic carbocycles. The van der Waals surface area contributed by atoms with E-state index in [0.29, 0.717) is 48.1 Å². The minimum absolute atomic E-state index is 0.108. The Kier molecular flexibility index (Phi) is 1.16. The second kappa shape index (κ2) is 2.25. The van der Waals surface area contributed by atoms with Crippen LogP contribution in [0, 0.1) is 46.3 Å². The molecule has 0 aromatic rings. The predicted molar refractivity (Wildman–Crippen MR) is 63.5 cm³/mol. The molecule has 4 atom stereocenters. The first kappa shape index (κ1) is 9.28. The molecule has 7 saturated carbocycles. The van der Waals surface area contributed by atoms with E-state index in [-0.39, 0.29) is 10.8 Å². The Bertz CT molecular complexity index is 461. The van der Waals surface area contributed by atoms with Crippen LogP contribution in [0.15, 0.2) is 0 Å². The molecule has 8 bridgehead atoms. The van der Waals surface area contributed by atoms with Crippen molar-refractivity contribution in [2.45, 2.75) is 38.5 Å². The third-order valence-corrected chi connectivity index (χ3v) is 8.41. The average Bonchev–Trinajstić information content (AvgIpc) is 3.09. The molecular weight excluding hydrogens is 224 g/mol. The second-order valence-corrected chi connectivity index (χ2v) is 7.82. The molecule has 94 valence electrons. The molecule has 0 aromatic heterocycles. The Morgan fingerprint density at radius 3 is 1.33 bits per heavy atom. The summed E-state index contributed by atoms with van der Waals surface area (Å²) in [6.07, 6.45) is 6.19. The molecule has 0 heterocycles. The molecular formula is C16H18O2. The molecule has 7 rings (SSSR count). The molecule has 2 nitrogen and oxygen atoms in total. The molecule has 2 spiro atoms. The van der Waals surface area contributed by atoms with E-state index in [1.165, 1.54) is 25.7 Å². The summed E-state index contributed by atoms with van der Waals surface area (Å²) in [6.45, 7) is 0.